The summed E-state index contributed by atoms with van der Waals surface area (Å²) in [5.41, 5.74) is 0.315. The predicted molar refractivity (Wildman–Crippen MR) is 42.9 cm³/mol. The summed E-state index contributed by atoms with van der Waals surface area (Å²) in [4.78, 5) is 3.50. The van der Waals surface area contributed by atoms with Crippen molar-refractivity contribution in [1.82, 2.24) is 4.98 Å². The van der Waals surface area contributed by atoms with Crippen LogP contribution in [-0.4, -0.2) is 4.98 Å². The molecule has 0 bridgehead atoms. The second-order valence-corrected chi connectivity index (χ2v) is 3.72. The van der Waals surface area contributed by atoms with Gasteiger partial charge in [-0.3, -0.25) is 0 Å². The number of halogens is 2. The Bertz CT molecular complexity index is 289. The Labute approximate surface area is 70.4 Å². The Morgan fingerprint density at radius 3 is 2.17 bits per heavy atom. The predicted octanol–water partition coefficient (Wildman–Crippen LogP) is 2.66. The molecule has 0 aliphatic heterocycles. The zero-order valence-electron chi connectivity index (χ0n) is 7.36. The van der Waals surface area contributed by atoms with E-state index in [2.05, 4.69) is 4.98 Å². The van der Waals surface area contributed by atoms with Crippen molar-refractivity contribution in [2.75, 3.05) is 0 Å². The molecule has 3 heteroatoms. The summed E-state index contributed by atoms with van der Waals surface area (Å²) in [7, 11) is 0. The average Bonchev–Trinajstić information content (AvgIpc) is 1.92. The molecule has 1 rings (SSSR count). The van der Waals surface area contributed by atoms with Gasteiger partial charge in [0.1, 0.15) is 0 Å². The van der Waals surface area contributed by atoms with E-state index in [1.165, 1.54) is 6.07 Å². The van der Waals surface area contributed by atoms with Crippen LogP contribution in [0.1, 0.15) is 26.5 Å². The molecule has 0 N–H and O–H groups in total. The van der Waals surface area contributed by atoms with Gasteiger partial charge in [0, 0.05) is 11.1 Å². The van der Waals surface area contributed by atoms with Crippen LogP contribution in [0.15, 0.2) is 12.1 Å². The normalized spacial score (nSPS) is 11.8. The van der Waals surface area contributed by atoms with Crippen molar-refractivity contribution in [2.45, 2.75) is 26.2 Å². The Balaban J connectivity index is 3.14. The van der Waals surface area contributed by atoms with Crippen LogP contribution in [0.2, 0.25) is 0 Å². The van der Waals surface area contributed by atoms with E-state index in [-0.39, 0.29) is 5.41 Å². The van der Waals surface area contributed by atoms with Crippen molar-refractivity contribution in [3.8, 4) is 0 Å². The zero-order valence-corrected chi connectivity index (χ0v) is 7.36. The summed E-state index contributed by atoms with van der Waals surface area (Å²) in [5, 5.41) is 0. The second-order valence-electron chi connectivity index (χ2n) is 3.72. The third-order valence-corrected chi connectivity index (χ3v) is 1.57. The summed E-state index contributed by atoms with van der Waals surface area (Å²) >= 11 is 0. The van der Waals surface area contributed by atoms with Gasteiger partial charge < -0.3 is 0 Å². The van der Waals surface area contributed by atoms with Crippen LogP contribution in [0.25, 0.3) is 0 Å². The van der Waals surface area contributed by atoms with Crippen LogP contribution in [0.4, 0.5) is 8.78 Å². The largest absolute Gasteiger partial charge is 0.249 e. The van der Waals surface area contributed by atoms with Gasteiger partial charge >= 0.3 is 0 Å². The van der Waals surface area contributed by atoms with E-state index in [1.807, 2.05) is 20.8 Å². The first-order valence-electron chi connectivity index (χ1n) is 3.74. The highest BCUT2D eigenvalue weighted by atomic mass is 19.2. The van der Waals surface area contributed by atoms with Gasteiger partial charge in [-0.05, 0) is 12.1 Å². The fraction of sp³-hybridized carbons (Fsp3) is 0.444. The number of pyridine rings is 1. The lowest BCUT2D eigenvalue weighted by molar-refractivity contribution is 0.458. The van der Waals surface area contributed by atoms with Gasteiger partial charge in [-0.1, -0.05) is 20.8 Å². The van der Waals surface area contributed by atoms with E-state index in [4.69, 9.17) is 0 Å². The Morgan fingerprint density at radius 2 is 1.75 bits per heavy atom. The fourth-order valence-corrected chi connectivity index (χ4v) is 0.835. The lowest BCUT2D eigenvalue weighted by Gasteiger charge is -2.16. The van der Waals surface area contributed by atoms with Crippen molar-refractivity contribution in [3.63, 3.8) is 0 Å². The Morgan fingerprint density at radius 1 is 1.17 bits per heavy atom. The summed E-state index contributed by atoms with van der Waals surface area (Å²) in [6.07, 6.45) is 0. The van der Waals surface area contributed by atoms with Crippen molar-refractivity contribution in [2.24, 2.45) is 0 Å². The first-order chi connectivity index (χ1) is 5.41. The molecular weight excluding hydrogens is 160 g/mol. The molecule has 0 radical (unpaired) electrons. The van der Waals surface area contributed by atoms with Gasteiger partial charge in [0.15, 0.2) is 5.82 Å². The van der Waals surface area contributed by atoms with E-state index in [0.29, 0.717) is 5.69 Å². The minimum Gasteiger partial charge on any atom is -0.222 e. The molecular formula is C9H11F2N. The first kappa shape index (κ1) is 9.10. The molecule has 0 fully saturated rings. The highest BCUT2D eigenvalue weighted by Crippen LogP contribution is 2.20. The standard InChI is InChI=1S/C9H11F2N/c1-9(2,3)7-5-4-6(10)8(11)12-7/h4-5H,1-3H3. The maximum atomic E-state index is 12.6. The summed E-state index contributed by atoms with van der Waals surface area (Å²) in [6, 6.07) is 2.60. The minimum absolute atomic E-state index is 0.242. The van der Waals surface area contributed by atoms with E-state index in [9.17, 15) is 8.78 Å². The second kappa shape index (κ2) is 2.81. The molecule has 0 amide bonds. The molecule has 66 valence electrons. The summed E-state index contributed by atoms with van der Waals surface area (Å²) < 4.78 is 25.1. The molecule has 1 heterocycles. The molecule has 0 saturated heterocycles. The molecule has 0 spiro atoms. The third kappa shape index (κ3) is 1.78. The van der Waals surface area contributed by atoms with Crippen molar-refractivity contribution >= 4 is 0 Å². The van der Waals surface area contributed by atoms with E-state index < -0.39 is 11.8 Å². The number of rotatable bonds is 0. The van der Waals surface area contributed by atoms with Crippen LogP contribution >= 0.6 is 0 Å². The molecule has 0 aliphatic rings. The molecule has 0 aromatic carbocycles. The average molecular weight is 171 g/mol. The minimum atomic E-state index is -1.03. The molecule has 0 saturated carbocycles. The lowest BCUT2D eigenvalue weighted by Crippen LogP contribution is -2.14. The molecule has 1 aromatic heterocycles. The van der Waals surface area contributed by atoms with Gasteiger partial charge in [0.05, 0.1) is 0 Å². The van der Waals surface area contributed by atoms with Gasteiger partial charge in [-0.25, -0.2) is 9.37 Å². The Kier molecular flexibility index (Phi) is 2.13. The van der Waals surface area contributed by atoms with Crippen molar-refractivity contribution in [3.05, 3.63) is 29.6 Å². The molecule has 1 nitrogen and oxygen atoms in total. The topological polar surface area (TPSA) is 12.9 Å². The van der Waals surface area contributed by atoms with E-state index >= 15 is 0 Å². The van der Waals surface area contributed by atoms with Crippen LogP contribution in [-0.2, 0) is 5.41 Å². The van der Waals surface area contributed by atoms with Gasteiger partial charge in [0.25, 0.3) is 0 Å². The monoisotopic (exact) mass is 171 g/mol. The number of aromatic nitrogens is 1. The van der Waals surface area contributed by atoms with E-state index in [1.54, 1.807) is 0 Å². The van der Waals surface area contributed by atoms with Crippen molar-refractivity contribution < 1.29 is 8.78 Å². The molecule has 0 unspecified atom stereocenters. The van der Waals surface area contributed by atoms with Gasteiger partial charge in [0.2, 0.25) is 5.95 Å². The maximum absolute atomic E-state index is 12.6. The molecule has 0 atom stereocenters. The molecule has 1 aromatic rings. The molecule has 12 heavy (non-hydrogen) atoms. The van der Waals surface area contributed by atoms with Crippen LogP contribution < -0.4 is 0 Å². The third-order valence-electron chi connectivity index (χ3n) is 1.57. The SMILES string of the molecule is CC(C)(C)c1ccc(F)c(F)n1. The van der Waals surface area contributed by atoms with Crippen molar-refractivity contribution in [1.29, 1.82) is 0 Å². The summed E-state index contributed by atoms with van der Waals surface area (Å²) in [5.74, 6) is -1.93. The molecule has 0 aliphatic carbocycles. The lowest BCUT2D eigenvalue weighted by atomic mass is 9.92. The quantitative estimate of drug-likeness (QED) is 0.547. The van der Waals surface area contributed by atoms with Gasteiger partial charge in [-0.2, -0.15) is 4.39 Å². The van der Waals surface area contributed by atoms with Crippen LogP contribution in [0, 0.1) is 11.8 Å². The van der Waals surface area contributed by atoms with Gasteiger partial charge in [-0.15, -0.1) is 0 Å². The fourth-order valence-electron chi connectivity index (χ4n) is 0.835. The maximum Gasteiger partial charge on any atom is 0.249 e. The Hall–Kier alpha value is -0.990. The number of hydrogen-bond donors (Lipinski definition) is 0. The van der Waals surface area contributed by atoms with E-state index in [0.717, 1.165) is 6.07 Å². The smallest absolute Gasteiger partial charge is 0.222 e. The zero-order chi connectivity index (χ0) is 9.35. The van der Waals surface area contributed by atoms with Crippen LogP contribution in [0.3, 0.4) is 0 Å². The number of hydrogen-bond acceptors (Lipinski definition) is 1. The first-order valence-corrected chi connectivity index (χ1v) is 3.74. The number of nitrogens with zero attached hydrogens (tertiary/aromatic N) is 1. The van der Waals surface area contributed by atoms with Crippen LogP contribution in [0.5, 0.6) is 0 Å². The highest BCUT2D eigenvalue weighted by molar-refractivity contribution is 5.14. The highest BCUT2D eigenvalue weighted by Gasteiger charge is 2.17. The summed E-state index contributed by atoms with van der Waals surface area (Å²) in [6.45, 7) is 5.69.